The zero-order valence-electron chi connectivity index (χ0n) is 10.2. The van der Waals surface area contributed by atoms with Crippen molar-refractivity contribution in [3.8, 4) is 0 Å². The van der Waals surface area contributed by atoms with Crippen molar-refractivity contribution in [3.05, 3.63) is 0 Å². The average molecular weight is 187 g/mol. The Morgan fingerprint density at radius 3 is 1.38 bits per heavy atom. The molecule has 80 valence electrons. The lowest BCUT2D eigenvalue weighted by Crippen LogP contribution is -2.57. The van der Waals surface area contributed by atoms with Crippen molar-refractivity contribution in [1.29, 1.82) is 0 Å². The van der Waals surface area contributed by atoms with Crippen LogP contribution in [0.15, 0.2) is 0 Å². The number of aliphatic hydroxyl groups is 1. The minimum Gasteiger partial charge on any atom is -0.378 e. The van der Waals surface area contributed by atoms with Crippen LogP contribution < -0.4 is 0 Å². The lowest BCUT2D eigenvalue weighted by molar-refractivity contribution is -0.105. The Morgan fingerprint density at radius 1 is 1.00 bits per heavy atom. The molecule has 0 aromatic heterocycles. The summed E-state index contributed by atoms with van der Waals surface area (Å²) in [7, 11) is 0. The first-order valence-electron chi connectivity index (χ1n) is 5.08. The maximum Gasteiger partial charge on any atom is 0.107 e. The maximum absolute atomic E-state index is 9.91. The monoisotopic (exact) mass is 187 g/mol. The van der Waals surface area contributed by atoms with Crippen molar-refractivity contribution in [2.75, 3.05) is 0 Å². The quantitative estimate of drug-likeness (QED) is 0.672. The highest BCUT2D eigenvalue weighted by Crippen LogP contribution is 2.27. The minimum atomic E-state index is -0.347. The van der Waals surface area contributed by atoms with Crippen LogP contribution in [0.5, 0.6) is 0 Å². The second-order valence-electron chi connectivity index (χ2n) is 5.60. The first kappa shape index (κ1) is 12.9. The SMILES string of the molecule is CCC(O)N(C(C)(C)C)C(C)(C)C. The fraction of sp³-hybridized carbons (Fsp3) is 1.00. The Balaban J connectivity index is 4.78. The van der Waals surface area contributed by atoms with Gasteiger partial charge in [0.05, 0.1) is 0 Å². The summed E-state index contributed by atoms with van der Waals surface area (Å²) >= 11 is 0. The molecule has 1 atom stereocenters. The largest absolute Gasteiger partial charge is 0.378 e. The minimum absolute atomic E-state index is 0.00762. The molecular weight excluding hydrogens is 162 g/mol. The first-order valence-corrected chi connectivity index (χ1v) is 5.08. The van der Waals surface area contributed by atoms with E-state index >= 15 is 0 Å². The van der Waals surface area contributed by atoms with E-state index in [1.54, 1.807) is 0 Å². The Morgan fingerprint density at radius 2 is 1.31 bits per heavy atom. The molecule has 0 amide bonds. The summed E-state index contributed by atoms with van der Waals surface area (Å²) in [6.07, 6.45) is 0.425. The molecule has 0 rings (SSSR count). The van der Waals surface area contributed by atoms with Crippen LogP contribution >= 0.6 is 0 Å². The molecule has 0 fully saturated rings. The van der Waals surface area contributed by atoms with Gasteiger partial charge in [0, 0.05) is 11.1 Å². The molecule has 2 heteroatoms. The molecule has 0 aliphatic heterocycles. The molecular formula is C11H25NO. The second kappa shape index (κ2) is 3.97. The van der Waals surface area contributed by atoms with Crippen LogP contribution in [0, 0.1) is 0 Å². The molecule has 0 aliphatic rings. The highest BCUT2D eigenvalue weighted by molar-refractivity contribution is 4.87. The fourth-order valence-electron chi connectivity index (χ4n) is 2.08. The van der Waals surface area contributed by atoms with Gasteiger partial charge in [0.25, 0.3) is 0 Å². The van der Waals surface area contributed by atoms with Gasteiger partial charge in [0.2, 0.25) is 0 Å². The van der Waals surface area contributed by atoms with Crippen LogP contribution in [-0.4, -0.2) is 27.3 Å². The summed E-state index contributed by atoms with van der Waals surface area (Å²) in [5.74, 6) is 0. The fourth-order valence-corrected chi connectivity index (χ4v) is 2.08. The predicted octanol–water partition coefficient (Wildman–Crippen LogP) is 2.61. The molecule has 0 radical (unpaired) electrons. The van der Waals surface area contributed by atoms with Crippen molar-refractivity contribution in [3.63, 3.8) is 0 Å². The van der Waals surface area contributed by atoms with Crippen LogP contribution in [0.1, 0.15) is 54.9 Å². The number of hydrogen-bond acceptors (Lipinski definition) is 2. The molecule has 0 bridgehead atoms. The Hall–Kier alpha value is -0.0800. The number of aliphatic hydroxyl groups excluding tert-OH is 1. The van der Waals surface area contributed by atoms with E-state index in [4.69, 9.17) is 0 Å². The standard InChI is InChI=1S/C11H25NO/c1-8-9(13)12(10(2,3)4)11(5,6)7/h9,13H,8H2,1-7H3. The summed E-state index contributed by atoms with van der Waals surface area (Å²) < 4.78 is 0. The normalized spacial score (nSPS) is 16.4. The highest BCUT2D eigenvalue weighted by atomic mass is 16.3. The van der Waals surface area contributed by atoms with Crippen LogP contribution in [0.3, 0.4) is 0 Å². The van der Waals surface area contributed by atoms with Crippen molar-refractivity contribution in [2.45, 2.75) is 72.2 Å². The third-order valence-corrected chi connectivity index (χ3v) is 2.11. The van der Waals surface area contributed by atoms with Gasteiger partial charge in [-0.1, -0.05) is 6.92 Å². The molecule has 0 saturated heterocycles. The molecule has 0 aromatic rings. The topological polar surface area (TPSA) is 23.5 Å². The smallest absolute Gasteiger partial charge is 0.107 e. The average Bonchev–Trinajstić information content (AvgIpc) is 1.80. The van der Waals surface area contributed by atoms with Gasteiger partial charge in [0.1, 0.15) is 6.23 Å². The van der Waals surface area contributed by atoms with E-state index in [2.05, 4.69) is 46.4 Å². The van der Waals surface area contributed by atoms with E-state index in [0.29, 0.717) is 0 Å². The molecule has 13 heavy (non-hydrogen) atoms. The number of nitrogens with zero attached hydrogens (tertiary/aromatic N) is 1. The van der Waals surface area contributed by atoms with E-state index in [-0.39, 0.29) is 17.3 Å². The first-order chi connectivity index (χ1) is 5.60. The molecule has 2 nitrogen and oxygen atoms in total. The summed E-state index contributed by atoms with van der Waals surface area (Å²) in [6.45, 7) is 14.8. The molecule has 0 saturated carbocycles. The molecule has 1 N–H and O–H groups in total. The van der Waals surface area contributed by atoms with Gasteiger partial charge in [0.15, 0.2) is 0 Å². The van der Waals surface area contributed by atoms with Crippen molar-refractivity contribution < 1.29 is 5.11 Å². The highest BCUT2D eigenvalue weighted by Gasteiger charge is 2.35. The van der Waals surface area contributed by atoms with Gasteiger partial charge in [-0.15, -0.1) is 0 Å². The molecule has 1 unspecified atom stereocenters. The summed E-state index contributed by atoms with van der Waals surface area (Å²) in [5.41, 5.74) is 0.0152. The summed E-state index contributed by atoms with van der Waals surface area (Å²) in [4.78, 5) is 2.15. The number of rotatable bonds is 2. The second-order valence-corrected chi connectivity index (χ2v) is 5.60. The van der Waals surface area contributed by atoms with Crippen molar-refractivity contribution in [1.82, 2.24) is 4.90 Å². The van der Waals surface area contributed by atoms with E-state index < -0.39 is 0 Å². The summed E-state index contributed by atoms with van der Waals surface area (Å²) in [6, 6.07) is 0. The van der Waals surface area contributed by atoms with Gasteiger partial charge in [-0.2, -0.15) is 0 Å². The van der Waals surface area contributed by atoms with Gasteiger partial charge >= 0.3 is 0 Å². The Labute approximate surface area is 82.9 Å². The zero-order chi connectivity index (χ0) is 10.9. The lowest BCUT2D eigenvalue weighted by atomic mass is 9.95. The zero-order valence-corrected chi connectivity index (χ0v) is 10.2. The Kier molecular flexibility index (Phi) is 3.95. The van der Waals surface area contributed by atoms with Crippen molar-refractivity contribution >= 4 is 0 Å². The van der Waals surface area contributed by atoms with E-state index in [1.165, 1.54) is 0 Å². The van der Waals surface area contributed by atoms with Gasteiger partial charge in [-0.3, -0.25) is 4.90 Å². The van der Waals surface area contributed by atoms with Gasteiger partial charge in [-0.05, 0) is 48.0 Å². The van der Waals surface area contributed by atoms with Crippen LogP contribution in [-0.2, 0) is 0 Å². The van der Waals surface area contributed by atoms with Crippen LogP contribution in [0.4, 0.5) is 0 Å². The van der Waals surface area contributed by atoms with E-state index in [1.807, 2.05) is 6.92 Å². The predicted molar refractivity (Wildman–Crippen MR) is 57.6 cm³/mol. The van der Waals surface area contributed by atoms with Crippen LogP contribution in [0.25, 0.3) is 0 Å². The molecule has 0 aromatic carbocycles. The maximum atomic E-state index is 9.91. The van der Waals surface area contributed by atoms with Crippen molar-refractivity contribution in [2.24, 2.45) is 0 Å². The molecule has 0 aliphatic carbocycles. The molecule has 0 heterocycles. The summed E-state index contributed by atoms with van der Waals surface area (Å²) in [5, 5.41) is 9.91. The van der Waals surface area contributed by atoms with Gasteiger partial charge in [-0.25, -0.2) is 0 Å². The third-order valence-electron chi connectivity index (χ3n) is 2.11. The molecule has 0 spiro atoms. The van der Waals surface area contributed by atoms with Crippen LogP contribution in [0.2, 0.25) is 0 Å². The van der Waals surface area contributed by atoms with Gasteiger partial charge < -0.3 is 5.11 Å². The van der Waals surface area contributed by atoms with E-state index in [9.17, 15) is 5.11 Å². The number of hydrogen-bond donors (Lipinski definition) is 1. The lowest BCUT2D eigenvalue weighted by Gasteiger charge is -2.47. The van der Waals surface area contributed by atoms with E-state index in [0.717, 1.165) is 6.42 Å². The Bertz CT molecular complexity index is 138. The third kappa shape index (κ3) is 3.65.